The number of aromatic nitrogens is 1. The number of hydrogen-bond donors (Lipinski definition) is 5. The zero-order valence-electron chi connectivity index (χ0n) is 49.1. The number of aliphatic hydroxyl groups is 1. The lowest BCUT2D eigenvalue weighted by Crippen LogP contribution is -2.61. The maximum Gasteiger partial charge on any atom is 0.407 e. The molecule has 5 N–H and O–H groups in total. The van der Waals surface area contributed by atoms with Gasteiger partial charge in [0.2, 0.25) is 5.91 Å². The van der Waals surface area contributed by atoms with E-state index in [0.717, 1.165) is 7.11 Å². The van der Waals surface area contributed by atoms with Gasteiger partial charge in [0.25, 0.3) is 5.91 Å². The van der Waals surface area contributed by atoms with Crippen molar-refractivity contribution in [3.05, 3.63) is 90.1 Å². The molecule has 3 rings (SSSR count). The van der Waals surface area contributed by atoms with E-state index in [1.807, 2.05) is 0 Å². The largest absolute Gasteiger partial charge is 0.453 e. The van der Waals surface area contributed by atoms with Gasteiger partial charge in [0.15, 0.2) is 0 Å². The van der Waals surface area contributed by atoms with Crippen LogP contribution in [-0.4, -0.2) is 150 Å². The number of benzene rings is 2. The zero-order valence-corrected chi connectivity index (χ0v) is 38.1. The minimum Gasteiger partial charge on any atom is -0.453 e. The van der Waals surface area contributed by atoms with Crippen LogP contribution in [-0.2, 0) is 55.7 Å². The van der Waals surface area contributed by atoms with E-state index in [0.29, 0.717) is 61.5 Å². The fraction of sp³-hybridized carbons (Fsp3) is 0.562. The summed E-state index contributed by atoms with van der Waals surface area (Å²) in [6, 6.07) is 13.3. The van der Waals surface area contributed by atoms with Crippen molar-refractivity contribution in [2.75, 3.05) is 86.8 Å². The number of nitrogens with one attached hydrogen (secondary N) is 4. The highest BCUT2D eigenvalue weighted by Crippen LogP contribution is 2.23. The average Bonchev–Trinajstić information content (AvgIpc) is 3.35. The van der Waals surface area contributed by atoms with E-state index in [2.05, 4.69) is 25.8 Å². The first kappa shape index (κ1) is 39.9. The molecule has 2 aromatic carbocycles. The maximum absolute atomic E-state index is 14.7. The van der Waals surface area contributed by atoms with Crippen LogP contribution in [0, 0.1) is 10.8 Å². The van der Waals surface area contributed by atoms with Crippen LogP contribution < -0.4 is 21.4 Å². The Morgan fingerprint density at radius 2 is 1.24 bits per heavy atom. The molecule has 0 aliphatic heterocycles. The molecular formula is C48H72N6O12. The van der Waals surface area contributed by atoms with E-state index >= 15 is 0 Å². The first-order valence-corrected chi connectivity index (χ1v) is 21.2. The summed E-state index contributed by atoms with van der Waals surface area (Å²) in [5, 5.41) is 19.8. The number of carbonyl (C=O) groups is 4. The van der Waals surface area contributed by atoms with Crippen molar-refractivity contribution >= 4 is 24.0 Å². The van der Waals surface area contributed by atoms with Crippen molar-refractivity contribution in [3.8, 4) is 11.3 Å². The molecule has 0 saturated heterocycles. The van der Waals surface area contributed by atoms with E-state index < -0.39 is 92.7 Å². The summed E-state index contributed by atoms with van der Waals surface area (Å²) < 4.78 is 130. The molecule has 0 bridgehead atoms. The van der Waals surface area contributed by atoms with Gasteiger partial charge in [-0.15, -0.1) is 0 Å². The van der Waals surface area contributed by atoms with Crippen LogP contribution in [0.2, 0.25) is 0 Å². The second-order valence-electron chi connectivity index (χ2n) is 15.8. The lowest BCUT2D eigenvalue weighted by molar-refractivity contribution is -0.132. The van der Waals surface area contributed by atoms with Gasteiger partial charge < -0.3 is 54.2 Å². The number of ether oxygens (including phenoxy) is 7. The summed E-state index contributed by atoms with van der Waals surface area (Å²) in [5.74, 6) is -2.69. The molecule has 1 aromatic heterocycles. The van der Waals surface area contributed by atoms with E-state index in [9.17, 15) is 27.0 Å². The van der Waals surface area contributed by atoms with Crippen molar-refractivity contribution in [2.24, 2.45) is 10.8 Å². The smallest absolute Gasteiger partial charge is 0.407 e. The lowest BCUT2D eigenvalue weighted by Gasteiger charge is -2.35. The quantitative estimate of drug-likeness (QED) is 0.0485. The van der Waals surface area contributed by atoms with Crippen LogP contribution in [0.1, 0.15) is 67.5 Å². The number of alkyl carbamates (subject to hydrolysis) is 2. The Bertz CT molecular complexity index is 2230. The number of hydrogen-bond acceptors (Lipinski definition) is 14. The highest BCUT2D eigenvalue weighted by atomic mass is 16.6. The third-order valence-corrected chi connectivity index (χ3v) is 9.36. The van der Waals surface area contributed by atoms with Crippen LogP contribution in [0.5, 0.6) is 0 Å². The van der Waals surface area contributed by atoms with Gasteiger partial charge in [0, 0.05) is 44.2 Å². The maximum atomic E-state index is 14.7. The van der Waals surface area contributed by atoms with Gasteiger partial charge in [0.05, 0.1) is 87.2 Å². The standard InChI is InChI=1S/C48H72N6O12/c1-47(2,3)41(52-46(59)66-31-30-65-29-28-64-27-26-63-25-24-62-23-22-60-7)43(56)50-39(32-35-14-10-9-11-15-35)40(55)34-54(53-44(57)42(48(4,5)6)51-45(58)61-8)33-36-17-19-37(20-18-36)38-16-12-13-21-49-38/h9-21,39-42,55H,22-34H2,1-8H3,(H,50,56)(H,51,58)(H,52,59)(H,53,57)/t39-,40-,41+,42+/m0/s1/i4D3,5D3,6D3,33D2. The highest BCUT2D eigenvalue weighted by Gasteiger charge is 2.37. The van der Waals surface area contributed by atoms with Gasteiger partial charge in [-0.1, -0.05) is 102 Å². The second-order valence-corrected chi connectivity index (χ2v) is 15.8. The predicted molar refractivity (Wildman–Crippen MR) is 248 cm³/mol. The first-order valence-electron chi connectivity index (χ1n) is 26.7. The monoisotopic (exact) mass is 936 g/mol. The van der Waals surface area contributed by atoms with Crippen LogP contribution in [0.25, 0.3) is 11.3 Å². The van der Waals surface area contributed by atoms with Gasteiger partial charge in [-0.2, -0.15) is 0 Å². The molecule has 3 aromatic rings. The summed E-state index contributed by atoms with van der Waals surface area (Å²) in [5.41, 5.74) is -1.62. The predicted octanol–water partition coefficient (Wildman–Crippen LogP) is 4.29. The van der Waals surface area contributed by atoms with Gasteiger partial charge in [-0.3, -0.25) is 20.0 Å². The molecule has 0 aliphatic carbocycles. The second kappa shape index (κ2) is 29.4. The molecule has 0 aliphatic rings. The van der Waals surface area contributed by atoms with Gasteiger partial charge in [-0.25, -0.2) is 14.6 Å². The summed E-state index contributed by atoms with van der Waals surface area (Å²) in [4.78, 5) is 59.3. The van der Waals surface area contributed by atoms with E-state index in [1.54, 1.807) is 81.7 Å². The molecule has 1 heterocycles. The molecule has 4 atom stereocenters. The summed E-state index contributed by atoms with van der Waals surface area (Å²) in [6.07, 6.45) is -3.15. The Morgan fingerprint density at radius 3 is 1.79 bits per heavy atom. The van der Waals surface area contributed by atoms with Crippen LogP contribution in [0.15, 0.2) is 79.0 Å². The van der Waals surface area contributed by atoms with E-state index in [4.69, 9.17) is 40.8 Å². The third-order valence-electron chi connectivity index (χ3n) is 9.36. The molecule has 0 spiro atoms. The zero-order chi connectivity index (χ0) is 57.7. The van der Waals surface area contributed by atoms with Crippen LogP contribution in [0.4, 0.5) is 9.59 Å². The lowest BCUT2D eigenvalue weighted by atomic mass is 9.85. The minimum atomic E-state index is -4.06. The Labute approximate surface area is 405 Å². The number of hydrazine groups is 1. The van der Waals surface area contributed by atoms with Crippen molar-refractivity contribution in [3.63, 3.8) is 0 Å². The molecule has 66 heavy (non-hydrogen) atoms. The van der Waals surface area contributed by atoms with Crippen LogP contribution >= 0.6 is 0 Å². The highest BCUT2D eigenvalue weighted by molar-refractivity contribution is 5.87. The van der Waals surface area contributed by atoms with Gasteiger partial charge in [0.1, 0.15) is 18.7 Å². The molecule has 0 unspecified atom stereocenters. The summed E-state index contributed by atoms with van der Waals surface area (Å²) in [6.45, 7) is -8.56. The van der Waals surface area contributed by atoms with E-state index in [-0.39, 0.29) is 38.4 Å². The van der Waals surface area contributed by atoms with Gasteiger partial charge in [-0.05, 0) is 40.5 Å². The topological polar surface area (TPSA) is 217 Å². The first-order chi connectivity index (χ1) is 36.0. The van der Waals surface area contributed by atoms with Crippen molar-refractivity contribution in [2.45, 2.75) is 78.5 Å². The fourth-order valence-corrected chi connectivity index (χ4v) is 5.93. The third kappa shape index (κ3) is 21.4. The average molecular weight is 936 g/mol. The number of nitrogens with zero attached hydrogens (tertiary/aromatic N) is 2. The molecule has 0 fully saturated rings. The number of carbonyl (C=O) groups excluding carboxylic acids is 4. The number of methoxy groups -OCH3 is 2. The Balaban J connectivity index is 1.95. The van der Waals surface area contributed by atoms with Gasteiger partial charge >= 0.3 is 12.2 Å². The number of pyridine rings is 1. The number of amides is 4. The Morgan fingerprint density at radius 1 is 0.682 bits per heavy atom. The van der Waals surface area contributed by atoms with Crippen molar-refractivity contribution < 1.29 is 72.5 Å². The molecule has 0 saturated carbocycles. The van der Waals surface area contributed by atoms with Crippen molar-refractivity contribution in [1.82, 2.24) is 31.4 Å². The molecule has 366 valence electrons. The molecule has 18 heteroatoms. The normalized spacial score (nSPS) is 16.8. The molecule has 4 amide bonds. The molecule has 18 nitrogen and oxygen atoms in total. The molecule has 0 radical (unpaired) electrons. The Kier molecular flexibility index (Phi) is 17.8. The van der Waals surface area contributed by atoms with E-state index in [1.165, 1.54) is 30.5 Å². The van der Waals surface area contributed by atoms with Crippen molar-refractivity contribution in [1.29, 1.82) is 0 Å². The number of rotatable bonds is 29. The minimum absolute atomic E-state index is 0.0121. The number of aliphatic hydroxyl groups excluding tert-OH is 1. The Hall–Kier alpha value is -5.21. The molecular weight excluding hydrogens is 853 g/mol. The SMILES string of the molecule is [2H]C([2H])(c1ccc(-c2ccccn2)cc1)N(C[C@H](O)[C@H](Cc1ccccc1)NC(=O)[C@@H](NC(=O)OCCOCCOCCOCCOCCOC)C(C)(C)C)NC(=O)[C@@H](NC(=O)OC)C(C([2H])([2H])[2H])(C([2H])([2H])[2H])C([2H])([2H])[2H]. The summed E-state index contributed by atoms with van der Waals surface area (Å²) in [7, 11) is 2.37. The fourth-order valence-electron chi connectivity index (χ4n) is 5.93. The summed E-state index contributed by atoms with van der Waals surface area (Å²) >= 11 is 0. The van der Waals surface area contributed by atoms with Crippen LogP contribution in [0.3, 0.4) is 0 Å².